The van der Waals surface area contributed by atoms with Gasteiger partial charge in [-0.05, 0) is 12.1 Å². The van der Waals surface area contributed by atoms with Gasteiger partial charge in [0.2, 0.25) is 0 Å². The summed E-state index contributed by atoms with van der Waals surface area (Å²) in [4.78, 5) is 27.8. The van der Waals surface area contributed by atoms with E-state index in [1.807, 2.05) is 0 Å². The Morgan fingerprint density at radius 3 is 1.75 bits per heavy atom. The number of carbonyl (C=O) groups excluding carboxylic acids is 2. The van der Waals surface area contributed by atoms with Gasteiger partial charge in [0.05, 0.1) is 0 Å². The third-order valence-electron chi connectivity index (χ3n) is 2.87. The van der Waals surface area contributed by atoms with E-state index in [1.54, 1.807) is 18.2 Å². The molecule has 4 N–H and O–H groups in total. The first-order valence-electron chi connectivity index (χ1n) is 6.72. The van der Waals surface area contributed by atoms with Crippen molar-refractivity contribution in [2.75, 3.05) is 39.3 Å². The molecule has 2 heterocycles. The van der Waals surface area contributed by atoms with Gasteiger partial charge in [-0.15, -0.1) is 0 Å². The second-order valence-corrected chi connectivity index (χ2v) is 4.42. The first-order chi connectivity index (χ1) is 9.77. The predicted molar refractivity (Wildman–Crippen MR) is 75.8 cm³/mol. The van der Waals surface area contributed by atoms with Gasteiger partial charge in [-0.1, -0.05) is 6.07 Å². The molecule has 0 saturated heterocycles. The Morgan fingerprint density at radius 2 is 1.25 bits per heavy atom. The minimum absolute atomic E-state index is 0. The molecular weight excluding hydrogens is 258 g/mol. The molecule has 0 radical (unpaired) electrons. The SMILES string of the molecule is O=C1NCCNCCNCCNC(=O)c2cccc1n2.[H+]. The standard InChI is InChI=1S/C13H19N5O2/c19-12-10-2-1-3-11(18-10)13(20)17-9-7-15-5-4-14-6-8-16-12/h1-3,14-15H,4-9H2,(H,16,19)(H,17,20)/p+1. The van der Waals surface area contributed by atoms with E-state index >= 15 is 0 Å². The number of pyridine rings is 1. The minimum atomic E-state index is -0.269. The van der Waals surface area contributed by atoms with Crippen molar-refractivity contribution in [1.29, 1.82) is 0 Å². The van der Waals surface area contributed by atoms with Gasteiger partial charge in [-0.3, -0.25) is 9.59 Å². The quantitative estimate of drug-likeness (QED) is 0.480. The fraction of sp³-hybridized carbons (Fsp3) is 0.462. The Kier molecular flexibility index (Phi) is 5.45. The van der Waals surface area contributed by atoms with Crippen LogP contribution in [0.25, 0.3) is 0 Å². The van der Waals surface area contributed by atoms with Crippen LogP contribution in [0, 0.1) is 0 Å². The van der Waals surface area contributed by atoms with Crippen LogP contribution in [0.1, 0.15) is 22.4 Å². The van der Waals surface area contributed by atoms with Crippen molar-refractivity contribution in [3.8, 4) is 0 Å². The molecule has 2 amide bonds. The van der Waals surface area contributed by atoms with Crippen LogP contribution in [0.5, 0.6) is 0 Å². The summed E-state index contributed by atoms with van der Waals surface area (Å²) in [5.74, 6) is -0.538. The number of hydrogen-bond acceptors (Lipinski definition) is 5. The van der Waals surface area contributed by atoms with E-state index in [1.165, 1.54) is 0 Å². The molecule has 2 bridgehead atoms. The highest BCUT2D eigenvalue weighted by atomic mass is 16.2. The van der Waals surface area contributed by atoms with Gasteiger partial charge in [0.1, 0.15) is 11.4 Å². The average Bonchev–Trinajstić information content (AvgIpc) is 2.48. The lowest BCUT2D eigenvalue weighted by atomic mass is 10.2. The van der Waals surface area contributed by atoms with Gasteiger partial charge in [0.15, 0.2) is 0 Å². The highest BCUT2D eigenvalue weighted by molar-refractivity contribution is 5.96. The van der Waals surface area contributed by atoms with Crippen LogP contribution in [-0.2, 0) is 0 Å². The zero-order valence-corrected chi connectivity index (χ0v) is 11.2. The largest absolute Gasteiger partial charge is 1.00 e. The molecule has 0 fully saturated rings. The number of rotatable bonds is 0. The van der Waals surface area contributed by atoms with Crippen LogP contribution in [0.2, 0.25) is 0 Å². The van der Waals surface area contributed by atoms with E-state index in [0.717, 1.165) is 13.1 Å². The molecule has 1 aliphatic heterocycles. The summed E-state index contributed by atoms with van der Waals surface area (Å²) in [6, 6.07) is 4.85. The van der Waals surface area contributed by atoms with Crippen LogP contribution in [-0.4, -0.2) is 56.1 Å². The topological polar surface area (TPSA) is 95.1 Å². The zero-order chi connectivity index (χ0) is 14.2. The van der Waals surface area contributed by atoms with Crippen LogP contribution >= 0.6 is 0 Å². The number of carbonyl (C=O) groups is 2. The van der Waals surface area contributed by atoms with Gasteiger partial charge >= 0.3 is 1.43 Å². The number of nitrogens with zero attached hydrogens (tertiary/aromatic N) is 1. The summed E-state index contributed by atoms with van der Waals surface area (Å²) in [5.41, 5.74) is 0.510. The van der Waals surface area contributed by atoms with E-state index in [4.69, 9.17) is 0 Å². The second-order valence-electron chi connectivity index (χ2n) is 4.42. The van der Waals surface area contributed by atoms with E-state index in [0.29, 0.717) is 26.2 Å². The molecule has 0 atom stereocenters. The summed E-state index contributed by atoms with van der Waals surface area (Å²) in [6.45, 7) is 4.08. The molecule has 1 aromatic heterocycles. The van der Waals surface area contributed by atoms with E-state index < -0.39 is 0 Å². The van der Waals surface area contributed by atoms with Crippen molar-refractivity contribution in [3.05, 3.63) is 29.6 Å². The third-order valence-corrected chi connectivity index (χ3v) is 2.87. The molecule has 0 spiro atoms. The van der Waals surface area contributed by atoms with Gasteiger partial charge in [-0.25, -0.2) is 4.98 Å². The van der Waals surface area contributed by atoms with E-state index in [2.05, 4.69) is 26.3 Å². The van der Waals surface area contributed by atoms with Crippen molar-refractivity contribution in [2.45, 2.75) is 0 Å². The lowest BCUT2D eigenvalue weighted by Crippen LogP contribution is -2.36. The Labute approximate surface area is 119 Å². The lowest BCUT2D eigenvalue weighted by Gasteiger charge is -2.07. The molecule has 0 unspecified atom stereocenters. The van der Waals surface area contributed by atoms with Crippen LogP contribution in [0.3, 0.4) is 0 Å². The van der Waals surface area contributed by atoms with Gasteiger partial charge in [0, 0.05) is 39.3 Å². The van der Waals surface area contributed by atoms with Gasteiger partial charge in [0.25, 0.3) is 11.8 Å². The highest BCUT2D eigenvalue weighted by Crippen LogP contribution is 1.99. The van der Waals surface area contributed by atoms with Crippen LogP contribution < -0.4 is 21.3 Å². The van der Waals surface area contributed by atoms with Crippen LogP contribution in [0.4, 0.5) is 0 Å². The summed E-state index contributed by atoms with van der Waals surface area (Å²) in [7, 11) is 0. The molecule has 0 aliphatic carbocycles. The summed E-state index contributed by atoms with van der Waals surface area (Å²) < 4.78 is 0. The van der Waals surface area contributed by atoms with Crippen molar-refractivity contribution >= 4 is 11.8 Å². The summed E-state index contributed by atoms with van der Waals surface area (Å²) >= 11 is 0. The number of hydrogen-bond donors (Lipinski definition) is 4. The molecule has 20 heavy (non-hydrogen) atoms. The smallest absolute Gasteiger partial charge is 0.349 e. The summed E-state index contributed by atoms with van der Waals surface area (Å²) in [6.07, 6.45) is 0. The molecule has 1 aliphatic rings. The van der Waals surface area contributed by atoms with Crippen molar-refractivity contribution in [3.63, 3.8) is 0 Å². The molecule has 1 aromatic rings. The average molecular weight is 278 g/mol. The van der Waals surface area contributed by atoms with Crippen molar-refractivity contribution in [2.24, 2.45) is 0 Å². The minimum Gasteiger partial charge on any atom is -0.349 e. The molecule has 7 heteroatoms. The number of aromatic nitrogens is 1. The fourth-order valence-corrected chi connectivity index (χ4v) is 1.82. The maximum atomic E-state index is 11.9. The second kappa shape index (κ2) is 7.56. The first kappa shape index (κ1) is 14.4. The van der Waals surface area contributed by atoms with Crippen molar-refractivity contribution in [1.82, 2.24) is 26.3 Å². The fourth-order valence-electron chi connectivity index (χ4n) is 1.82. The number of fused-ring (bicyclic) bond motifs is 2. The third kappa shape index (κ3) is 4.29. The van der Waals surface area contributed by atoms with Gasteiger partial charge < -0.3 is 21.3 Å². The Hall–Kier alpha value is -1.99. The normalized spacial score (nSPS) is 18.4. The molecule has 108 valence electrons. The number of amides is 2. The van der Waals surface area contributed by atoms with Crippen LogP contribution in [0.15, 0.2) is 18.2 Å². The first-order valence-corrected chi connectivity index (χ1v) is 6.72. The summed E-state index contributed by atoms with van der Waals surface area (Å²) in [5, 5.41) is 11.9. The lowest BCUT2D eigenvalue weighted by molar-refractivity contribution is 0.0945. The number of nitrogens with one attached hydrogen (secondary N) is 4. The van der Waals surface area contributed by atoms with Crippen molar-refractivity contribution < 1.29 is 11.0 Å². The predicted octanol–water partition coefficient (Wildman–Crippen LogP) is -1.15. The monoisotopic (exact) mass is 278 g/mol. The zero-order valence-electron chi connectivity index (χ0n) is 12.2. The maximum Gasteiger partial charge on any atom is 1.00 e. The highest BCUT2D eigenvalue weighted by Gasteiger charge is 2.11. The molecule has 0 saturated carbocycles. The molecular formula is C13H20N5O2+. The Balaban J connectivity index is 0.00000220. The molecule has 7 nitrogen and oxygen atoms in total. The Morgan fingerprint density at radius 1 is 0.800 bits per heavy atom. The maximum absolute atomic E-state index is 11.9. The molecule has 2 rings (SSSR count). The van der Waals surface area contributed by atoms with Gasteiger partial charge in [-0.2, -0.15) is 0 Å². The van der Waals surface area contributed by atoms with E-state index in [9.17, 15) is 9.59 Å². The Bertz CT molecular complexity index is 444. The van der Waals surface area contributed by atoms with E-state index in [-0.39, 0.29) is 24.6 Å². The molecule has 0 aromatic carbocycles.